The molecule has 0 radical (unpaired) electrons. The number of hydrogen-bond acceptors (Lipinski definition) is 6. The molecule has 0 saturated carbocycles. The minimum atomic E-state index is -1.27. The maximum absolute atomic E-state index is 16.5. The van der Waals surface area contributed by atoms with Gasteiger partial charge < -0.3 is 14.2 Å². The number of nitrogens with one attached hydrogen (secondary N) is 1. The average Bonchev–Trinajstić information content (AvgIpc) is 3.08. The number of piperidine rings is 3. The smallest absolute Gasteiger partial charge is 0.253 e. The first-order chi connectivity index (χ1) is 23.4. The number of hydrogen-bond donors (Lipinski definition) is 1. The summed E-state index contributed by atoms with van der Waals surface area (Å²) >= 11 is 6.85. The van der Waals surface area contributed by atoms with Crippen molar-refractivity contribution >= 4 is 29.1 Å². The highest BCUT2D eigenvalue weighted by molar-refractivity contribution is 6.32. The first-order valence-electron chi connectivity index (χ1n) is 17.2. The van der Waals surface area contributed by atoms with E-state index in [2.05, 4.69) is 10.2 Å². The lowest BCUT2D eigenvalue weighted by atomic mass is 9.76. The van der Waals surface area contributed by atoms with Gasteiger partial charge in [-0.15, -0.1) is 0 Å². The van der Waals surface area contributed by atoms with Crippen LogP contribution in [0.1, 0.15) is 60.8 Å². The number of pyridine rings is 1. The molecule has 3 aliphatic rings. The molecular weight excluding hydrogens is 650 g/mol. The van der Waals surface area contributed by atoms with E-state index < -0.39 is 5.67 Å². The normalized spacial score (nSPS) is 20.4. The van der Waals surface area contributed by atoms with Crippen LogP contribution >= 0.6 is 11.6 Å². The zero-order chi connectivity index (χ0) is 35.0. The lowest BCUT2D eigenvalue weighted by Gasteiger charge is -2.45. The third-order valence-corrected chi connectivity index (χ3v) is 11.4. The maximum atomic E-state index is 16.5. The molecule has 8 nitrogen and oxygen atoms in total. The maximum Gasteiger partial charge on any atom is 0.253 e. The number of imide groups is 1. The predicted molar refractivity (Wildman–Crippen MR) is 187 cm³/mol. The summed E-state index contributed by atoms with van der Waals surface area (Å²) in [5.41, 5.74) is 4.17. The number of halogens is 3. The fourth-order valence-corrected chi connectivity index (χ4v) is 8.14. The Morgan fingerprint density at radius 3 is 2.37 bits per heavy atom. The van der Waals surface area contributed by atoms with Gasteiger partial charge in [-0.3, -0.25) is 24.6 Å². The summed E-state index contributed by atoms with van der Waals surface area (Å²) in [4.78, 5) is 40.2. The topological polar surface area (TPSA) is 83.9 Å². The predicted octanol–water partition coefficient (Wildman–Crippen LogP) is 6.29. The molecule has 1 unspecified atom stereocenters. The third kappa shape index (κ3) is 7.26. The molecule has 11 heteroatoms. The fraction of sp³-hybridized carbons (Fsp3) is 0.500. The van der Waals surface area contributed by atoms with Crippen molar-refractivity contribution < 1.29 is 23.1 Å². The van der Waals surface area contributed by atoms with Crippen LogP contribution in [0.15, 0.2) is 41.3 Å². The number of benzene rings is 2. The zero-order valence-electron chi connectivity index (χ0n) is 28.7. The van der Waals surface area contributed by atoms with Gasteiger partial charge >= 0.3 is 0 Å². The van der Waals surface area contributed by atoms with Gasteiger partial charge in [0.05, 0.1) is 12.8 Å². The van der Waals surface area contributed by atoms with Crippen molar-refractivity contribution in [2.24, 2.45) is 18.9 Å². The van der Waals surface area contributed by atoms with Crippen LogP contribution in [-0.2, 0) is 29.6 Å². The van der Waals surface area contributed by atoms with E-state index in [0.29, 0.717) is 99.7 Å². The monoisotopic (exact) mass is 694 g/mol. The van der Waals surface area contributed by atoms with Crippen LogP contribution in [0.25, 0.3) is 11.1 Å². The molecule has 1 N–H and O–H groups in total. The number of methoxy groups -OCH3 is 1. The molecule has 2 aromatic carbocycles. The Balaban J connectivity index is 1.05. The molecule has 3 aromatic rings. The lowest BCUT2D eigenvalue weighted by Crippen LogP contribution is -2.49. The molecule has 3 aliphatic heterocycles. The number of aryl methyl sites for hydroxylation is 1. The van der Waals surface area contributed by atoms with Gasteiger partial charge in [-0.1, -0.05) is 17.7 Å². The molecule has 262 valence electrons. The third-order valence-electron chi connectivity index (χ3n) is 11.1. The molecular formula is C38H45ClF2N4O4. The van der Waals surface area contributed by atoms with Crippen LogP contribution in [0.3, 0.4) is 0 Å². The van der Waals surface area contributed by atoms with Gasteiger partial charge in [-0.05, 0) is 99.2 Å². The van der Waals surface area contributed by atoms with Crippen molar-refractivity contribution in [2.75, 3.05) is 38.2 Å². The van der Waals surface area contributed by atoms with Crippen LogP contribution in [0, 0.1) is 31.5 Å². The van der Waals surface area contributed by atoms with Crippen LogP contribution in [-0.4, -0.2) is 60.2 Å². The molecule has 4 heterocycles. The molecule has 0 bridgehead atoms. The number of ether oxygens (including phenoxy) is 1. The highest BCUT2D eigenvalue weighted by atomic mass is 35.5. The number of amides is 2. The van der Waals surface area contributed by atoms with E-state index in [1.54, 1.807) is 24.8 Å². The fourth-order valence-electron chi connectivity index (χ4n) is 7.87. The van der Waals surface area contributed by atoms with Gasteiger partial charge in [0.15, 0.2) is 0 Å². The highest BCUT2D eigenvalue weighted by Crippen LogP contribution is 2.42. The lowest BCUT2D eigenvalue weighted by molar-refractivity contribution is -0.136. The van der Waals surface area contributed by atoms with Gasteiger partial charge in [0, 0.05) is 80.0 Å². The van der Waals surface area contributed by atoms with Gasteiger partial charge in [0.1, 0.15) is 17.2 Å². The van der Waals surface area contributed by atoms with E-state index >= 15 is 8.78 Å². The van der Waals surface area contributed by atoms with E-state index in [1.165, 1.54) is 6.07 Å². The van der Waals surface area contributed by atoms with Gasteiger partial charge in [-0.2, -0.15) is 0 Å². The standard InChI is InChI=1S/C38H45ClF2N4O4/c1-23-24(2)37(48)43(3)21-29(23)27-19-31(39)30(34(20-27)49-4)22-44-15-11-38(41,12-16-44)28-9-13-45(14-10-28)33-7-5-25(18-32(33)40)17-26-6-8-35(46)42-36(26)47/h5,7,18-21,26,28H,6,8-17,22H2,1-4H3,(H,42,46,47). The molecule has 6 rings (SSSR count). The number of aromatic nitrogens is 1. The summed E-state index contributed by atoms with van der Waals surface area (Å²) in [6.07, 6.45) is 5.14. The summed E-state index contributed by atoms with van der Waals surface area (Å²) < 4.78 is 39.1. The largest absolute Gasteiger partial charge is 0.496 e. The van der Waals surface area contributed by atoms with Gasteiger partial charge in [-0.25, -0.2) is 8.78 Å². The Hall–Kier alpha value is -3.76. The Morgan fingerprint density at radius 1 is 1.00 bits per heavy atom. The van der Waals surface area contributed by atoms with Crippen molar-refractivity contribution in [3.8, 4) is 16.9 Å². The summed E-state index contributed by atoms with van der Waals surface area (Å²) in [5.74, 6) is -0.660. The van der Waals surface area contributed by atoms with Crippen molar-refractivity contribution in [1.82, 2.24) is 14.8 Å². The number of likely N-dealkylation sites (tertiary alicyclic amines) is 1. The van der Waals surface area contributed by atoms with Crippen LogP contribution in [0.2, 0.25) is 5.02 Å². The van der Waals surface area contributed by atoms with E-state index in [-0.39, 0.29) is 35.0 Å². The second-order valence-electron chi connectivity index (χ2n) is 14.1. The van der Waals surface area contributed by atoms with Crippen LogP contribution in [0.5, 0.6) is 5.75 Å². The van der Waals surface area contributed by atoms with E-state index in [4.69, 9.17) is 16.3 Å². The highest BCUT2D eigenvalue weighted by Gasteiger charge is 2.43. The summed E-state index contributed by atoms with van der Waals surface area (Å²) in [6.45, 7) is 6.66. The van der Waals surface area contributed by atoms with E-state index in [1.807, 2.05) is 43.1 Å². The molecule has 0 aliphatic carbocycles. The first kappa shape index (κ1) is 35.1. The Labute approximate surface area is 291 Å². The van der Waals surface area contributed by atoms with Crippen molar-refractivity contribution in [1.29, 1.82) is 0 Å². The molecule has 0 spiro atoms. The van der Waals surface area contributed by atoms with Gasteiger partial charge in [0.25, 0.3) is 5.56 Å². The Bertz CT molecular complexity index is 1810. The summed E-state index contributed by atoms with van der Waals surface area (Å²) in [6, 6.07) is 8.97. The number of alkyl halides is 1. The molecule has 1 atom stereocenters. The van der Waals surface area contributed by atoms with Crippen LogP contribution < -0.4 is 20.5 Å². The Morgan fingerprint density at radius 2 is 1.71 bits per heavy atom. The van der Waals surface area contributed by atoms with Crippen LogP contribution in [0.4, 0.5) is 14.5 Å². The first-order valence-corrected chi connectivity index (χ1v) is 17.6. The number of nitrogens with zero attached hydrogens (tertiary/aromatic N) is 3. The number of carbonyl (C=O) groups excluding carboxylic acids is 2. The number of rotatable bonds is 8. The van der Waals surface area contributed by atoms with Crippen molar-refractivity contribution in [2.45, 2.75) is 71.0 Å². The minimum absolute atomic E-state index is 0.0282. The SMILES string of the molecule is COc1cc(-c2cn(C)c(=O)c(C)c2C)cc(Cl)c1CN1CCC(F)(C2CCN(c3ccc(CC4CCC(=O)NC4=O)cc3F)CC2)CC1. The molecule has 1 aromatic heterocycles. The summed E-state index contributed by atoms with van der Waals surface area (Å²) in [5, 5.41) is 2.93. The molecule has 2 amide bonds. The second-order valence-corrected chi connectivity index (χ2v) is 14.5. The Kier molecular flexibility index (Phi) is 10.2. The minimum Gasteiger partial charge on any atom is -0.496 e. The average molecular weight is 695 g/mol. The molecule has 49 heavy (non-hydrogen) atoms. The summed E-state index contributed by atoms with van der Waals surface area (Å²) in [7, 11) is 3.36. The quantitative estimate of drug-likeness (QED) is 0.280. The van der Waals surface area contributed by atoms with Crippen molar-refractivity contribution in [3.05, 3.63) is 80.0 Å². The number of carbonyl (C=O) groups is 2. The van der Waals surface area contributed by atoms with Crippen molar-refractivity contribution in [3.63, 3.8) is 0 Å². The van der Waals surface area contributed by atoms with Gasteiger partial charge in [0.2, 0.25) is 11.8 Å². The van der Waals surface area contributed by atoms with E-state index in [9.17, 15) is 14.4 Å². The molecule has 3 fully saturated rings. The molecule has 3 saturated heterocycles. The zero-order valence-corrected chi connectivity index (χ0v) is 29.5. The van der Waals surface area contributed by atoms with E-state index in [0.717, 1.165) is 27.8 Å². The number of anilines is 1. The second kappa shape index (κ2) is 14.2.